The third-order valence-corrected chi connectivity index (χ3v) is 5.42. The van der Waals surface area contributed by atoms with Crippen LogP contribution in [-0.4, -0.2) is 46.2 Å². The smallest absolute Gasteiger partial charge is 0.317 e. The summed E-state index contributed by atoms with van der Waals surface area (Å²) >= 11 is 4.74. The van der Waals surface area contributed by atoms with Crippen molar-refractivity contribution in [1.29, 1.82) is 0 Å². The average molecular weight is 454 g/mol. The summed E-state index contributed by atoms with van der Waals surface area (Å²) in [7, 11) is 0. The molecule has 3 amide bonds. The van der Waals surface area contributed by atoms with Crippen LogP contribution in [0.25, 0.3) is 10.6 Å². The molecule has 0 aliphatic heterocycles. The van der Waals surface area contributed by atoms with Crippen molar-refractivity contribution in [1.82, 2.24) is 20.4 Å². The second-order valence-electron chi connectivity index (χ2n) is 6.01. The second-order valence-corrected chi connectivity index (χ2v) is 7.90. The topological polar surface area (TPSA) is 87.2 Å². The minimum atomic E-state index is -0.190. The summed E-state index contributed by atoms with van der Waals surface area (Å²) in [5.74, 6) is -0.190. The van der Waals surface area contributed by atoms with Crippen LogP contribution in [-0.2, 0) is 4.79 Å². The molecule has 2 rings (SSSR count). The highest BCUT2D eigenvalue weighted by atomic mass is 79.9. The van der Waals surface area contributed by atoms with E-state index in [9.17, 15) is 9.59 Å². The highest BCUT2D eigenvalue weighted by molar-refractivity contribution is 9.10. The maximum Gasteiger partial charge on any atom is 0.317 e. The van der Waals surface area contributed by atoms with Gasteiger partial charge in [-0.3, -0.25) is 4.79 Å². The molecule has 1 aromatic carbocycles. The van der Waals surface area contributed by atoms with Crippen molar-refractivity contribution in [3.8, 4) is 10.6 Å². The van der Waals surface area contributed by atoms with Crippen LogP contribution < -0.4 is 10.6 Å². The number of rotatable bonds is 8. The fourth-order valence-corrected chi connectivity index (χ4v) is 3.57. The van der Waals surface area contributed by atoms with Crippen LogP contribution in [0.5, 0.6) is 0 Å². The molecule has 7 nitrogen and oxygen atoms in total. The quantitative estimate of drug-likeness (QED) is 0.628. The molecule has 1 atom stereocenters. The molecule has 0 bridgehead atoms. The first kappa shape index (κ1) is 21.3. The van der Waals surface area contributed by atoms with Gasteiger partial charge in [-0.05, 0) is 32.4 Å². The van der Waals surface area contributed by atoms with Crippen LogP contribution in [0.2, 0.25) is 0 Å². The van der Waals surface area contributed by atoms with Crippen molar-refractivity contribution in [2.45, 2.75) is 39.7 Å². The van der Waals surface area contributed by atoms with Crippen molar-refractivity contribution in [3.63, 3.8) is 0 Å². The Labute approximate surface area is 171 Å². The van der Waals surface area contributed by atoms with E-state index < -0.39 is 0 Å². The number of halogens is 1. The van der Waals surface area contributed by atoms with Gasteiger partial charge < -0.3 is 15.5 Å². The Kier molecular flexibility index (Phi) is 8.18. The van der Waals surface area contributed by atoms with Crippen molar-refractivity contribution < 1.29 is 9.59 Å². The molecule has 0 aliphatic carbocycles. The van der Waals surface area contributed by atoms with Gasteiger partial charge in [-0.15, -0.1) is 10.2 Å². The maximum atomic E-state index is 12.3. The fraction of sp³-hybridized carbons (Fsp3) is 0.444. The summed E-state index contributed by atoms with van der Waals surface area (Å²) in [5.41, 5.74) is 0.932. The molecule has 1 heterocycles. The molecule has 0 fully saturated rings. The number of carbonyl (C=O) groups is 2. The summed E-state index contributed by atoms with van der Waals surface area (Å²) in [6.45, 7) is 6.77. The Morgan fingerprint density at radius 3 is 2.74 bits per heavy atom. The van der Waals surface area contributed by atoms with Gasteiger partial charge in [-0.2, -0.15) is 0 Å². The highest BCUT2D eigenvalue weighted by Crippen LogP contribution is 2.28. The van der Waals surface area contributed by atoms with Gasteiger partial charge in [0.1, 0.15) is 5.01 Å². The molecule has 9 heteroatoms. The van der Waals surface area contributed by atoms with Crippen LogP contribution in [0.3, 0.4) is 0 Å². The van der Waals surface area contributed by atoms with Gasteiger partial charge in [0.05, 0.1) is 0 Å². The molecule has 1 aromatic heterocycles. The molecule has 27 heavy (non-hydrogen) atoms. The second kappa shape index (κ2) is 10.4. The molecule has 0 radical (unpaired) electrons. The normalized spacial score (nSPS) is 11.7. The molecule has 146 valence electrons. The van der Waals surface area contributed by atoms with Gasteiger partial charge in [-0.25, -0.2) is 4.79 Å². The Morgan fingerprint density at radius 1 is 1.30 bits per heavy atom. The number of benzene rings is 1. The molecule has 0 saturated heterocycles. The Morgan fingerprint density at radius 2 is 2.07 bits per heavy atom. The van der Waals surface area contributed by atoms with Crippen molar-refractivity contribution in [3.05, 3.63) is 28.7 Å². The lowest BCUT2D eigenvalue weighted by Crippen LogP contribution is -2.46. The minimum Gasteiger partial charge on any atom is -0.338 e. The number of nitrogens with one attached hydrogen (secondary N) is 2. The number of nitrogens with zero attached hydrogens (tertiary/aromatic N) is 3. The van der Waals surface area contributed by atoms with Gasteiger partial charge in [-0.1, -0.05) is 46.3 Å². The van der Waals surface area contributed by atoms with E-state index in [0.29, 0.717) is 18.2 Å². The predicted molar refractivity (Wildman–Crippen MR) is 112 cm³/mol. The zero-order chi connectivity index (χ0) is 19.8. The van der Waals surface area contributed by atoms with Crippen LogP contribution in [0.15, 0.2) is 28.7 Å². The number of aromatic nitrogens is 2. The van der Waals surface area contributed by atoms with Crippen molar-refractivity contribution >= 4 is 44.3 Å². The van der Waals surface area contributed by atoms with Crippen LogP contribution in [0.4, 0.5) is 9.93 Å². The van der Waals surface area contributed by atoms with E-state index in [1.807, 2.05) is 45.0 Å². The lowest BCUT2D eigenvalue weighted by molar-refractivity contribution is -0.116. The first-order valence-electron chi connectivity index (χ1n) is 8.88. The van der Waals surface area contributed by atoms with Gasteiger partial charge in [0.2, 0.25) is 11.0 Å². The lowest BCUT2D eigenvalue weighted by Gasteiger charge is -2.28. The summed E-state index contributed by atoms with van der Waals surface area (Å²) < 4.78 is 0.955. The molecule has 0 saturated carbocycles. The fourth-order valence-electron chi connectivity index (χ4n) is 2.41. The van der Waals surface area contributed by atoms with Crippen LogP contribution in [0.1, 0.15) is 33.6 Å². The minimum absolute atomic E-state index is 0.0639. The molecule has 0 spiro atoms. The van der Waals surface area contributed by atoms with Gasteiger partial charge >= 0.3 is 6.03 Å². The van der Waals surface area contributed by atoms with Gasteiger partial charge in [0, 0.05) is 35.6 Å². The van der Waals surface area contributed by atoms with Gasteiger partial charge in [0.15, 0.2) is 0 Å². The first-order valence-corrected chi connectivity index (χ1v) is 10.5. The number of carbonyl (C=O) groups excluding carboxylic acids is 2. The van der Waals surface area contributed by atoms with E-state index in [1.165, 1.54) is 11.3 Å². The summed E-state index contributed by atoms with van der Waals surface area (Å²) in [4.78, 5) is 26.1. The Hall–Kier alpha value is -2.00. The Balaban J connectivity index is 1.94. The summed E-state index contributed by atoms with van der Waals surface area (Å²) in [6.07, 6.45) is 1.03. The third-order valence-electron chi connectivity index (χ3n) is 4.03. The van der Waals surface area contributed by atoms with E-state index in [-0.39, 0.29) is 24.4 Å². The van der Waals surface area contributed by atoms with Crippen LogP contribution in [0, 0.1) is 0 Å². The zero-order valence-corrected chi connectivity index (χ0v) is 18.1. The Bertz CT molecular complexity index is 783. The highest BCUT2D eigenvalue weighted by Gasteiger charge is 2.19. The number of amides is 3. The number of hydrogen-bond donors (Lipinski definition) is 2. The molecule has 2 aromatic rings. The molecule has 2 N–H and O–H groups in total. The standard InChI is InChI=1S/C18H24BrN5O2S/c1-4-12(3)24(18(26)20-5-2)10-9-15(25)21-17-23-22-16(27-17)13-7-6-8-14(19)11-13/h6-8,11-12H,4-5,9-10H2,1-3H3,(H,20,26)(H,21,23,25). The molecule has 1 unspecified atom stereocenters. The van der Waals surface area contributed by atoms with Gasteiger partial charge in [0.25, 0.3) is 0 Å². The first-order chi connectivity index (χ1) is 12.9. The summed E-state index contributed by atoms with van der Waals surface area (Å²) in [5, 5.41) is 14.9. The zero-order valence-electron chi connectivity index (χ0n) is 15.7. The van der Waals surface area contributed by atoms with E-state index in [0.717, 1.165) is 21.5 Å². The van der Waals surface area contributed by atoms with Crippen molar-refractivity contribution in [2.24, 2.45) is 0 Å². The number of hydrogen-bond acceptors (Lipinski definition) is 5. The number of urea groups is 1. The van der Waals surface area contributed by atoms with E-state index in [1.54, 1.807) is 4.90 Å². The average Bonchev–Trinajstić information content (AvgIpc) is 3.10. The molecular formula is C18H24BrN5O2S. The maximum absolute atomic E-state index is 12.3. The third kappa shape index (κ3) is 6.28. The largest absolute Gasteiger partial charge is 0.338 e. The number of anilines is 1. The molecular weight excluding hydrogens is 430 g/mol. The molecule has 0 aliphatic rings. The monoisotopic (exact) mass is 453 g/mol. The lowest BCUT2D eigenvalue weighted by atomic mass is 10.2. The van der Waals surface area contributed by atoms with E-state index >= 15 is 0 Å². The van der Waals surface area contributed by atoms with E-state index in [2.05, 4.69) is 36.8 Å². The van der Waals surface area contributed by atoms with Crippen molar-refractivity contribution in [2.75, 3.05) is 18.4 Å². The summed E-state index contributed by atoms with van der Waals surface area (Å²) in [6, 6.07) is 7.66. The SMILES string of the molecule is CCNC(=O)N(CCC(=O)Nc1nnc(-c2cccc(Br)c2)s1)C(C)CC. The van der Waals surface area contributed by atoms with E-state index in [4.69, 9.17) is 0 Å². The predicted octanol–water partition coefficient (Wildman–Crippen LogP) is 4.13. The van der Waals surface area contributed by atoms with Crippen LogP contribution >= 0.6 is 27.3 Å².